The van der Waals surface area contributed by atoms with Crippen molar-refractivity contribution in [3.05, 3.63) is 101 Å². The average molecular weight is 802 g/mol. The normalized spacial score (nSPS) is 12.6. The zero-order valence-corrected chi connectivity index (χ0v) is 37.3. The summed E-state index contributed by atoms with van der Waals surface area (Å²) >= 11 is 0. The first-order valence-corrected chi connectivity index (χ1v) is 23.1. The van der Waals surface area contributed by atoms with Gasteiger partial charge in [-0.2, -0.15) is 0 Å². The van der Waals surface area contributed by atoms with Crippen molar-refractivity contribution in [1.29, 1.82) is 0 Å². The molecule has 3 aromatic rings. The minimum absolute atomic E-state index is 0.150. The summed E-state index contributed by atoms with van der Waals surface area (Å²) in [5.41, 5.74) is 5.70. The molecule has 0 amide bonds. The predicted molar refractivity (Wildman–Crippen MR) is 238 cm³/mol. The molecule has 3 aromatic carbocycles. The summed E-state index contributed by atoms with van der Waals surface area (Å²) in [6, 6.07) is 19.3. The molecule has 0 bridgehead atoms. The van der Waals surface area contributed by atoms with Crippen LogP contribution in [0.1, 0.15) is 165 Å². The van der Waals surface area contributed by atoms with Gasteiger partial charge in [-0.1, -0.05) is 115 Å². The molecular formula is C49H72NO6P. The van der Waals surface area contributed by atoms with Gasteiger partial charge in [-0.05, 0) is 137 Å². The van der Waals surface area contributed by atoms with Crippen LogP contribution in [0.4, 0.5) is 0 Å². The number of benzene rings is 3. The highest BCUT2D eigenvalue weighted by Gasteiger charge is 2.23. The second-order valence-electron chi connectivity index (χ2n) is 15.9. The molecule has 57 heavy (non-hydrogen) atoms. The van der Waals surface area contributed by atoms with Gasteiger partial charge in [0.05, 0.1) is 6.10 Å². The largest absolute Gasteiger partial charge is 0.484 e. The average Bonchev–Trinajstić information content (AvgIpc) is 3.17. The Kier molecular flexibility index (Phi) is 22.7. The SMILES string of the molecule is CCCCCCCC/C=C\CCCCCCCC(=O)Oc1ccc(Cc2c(C)cc(OCP(NC(C)C(=O)OC(C)C)Oc3ccccc3)cc2C)cc1C(C)C. The lowest BCUT2D eigenvalue weighted by Gasteiger charge is -2.24. The summed E-state index contributed by atoms with van der Waals surface area (Å²) in [6.07, 6.45) is 22.0. The fraction of sp³-hybridized carbons (Fsp3) is 0.551. The lowest BCUT2D eigenvalue weighted by molar-refractivity contribution is -0.149. The Bertz CT molecular complexity index is 1620. The van der Waals surface area contributed by atoms with E-state index in [1.807, 2.05) is 50.2 Å². The molecule has 0 radical (unpaired) electrons. The zero-order valence-electron chi connectivity index (χ0n) is 36.4. The number of rotatable bonds is 28. The van der Waals surface area contributed by atoms with Gasteiger partial charge >= 0.3 is 11.9 Å². The quantitative estimate of drug-likeness (QED) is 0.0257. The van der Waals surface area contributed by atoms with Crippen LogP contribution in [0.5, 0.6) is 17.2 Å². The van der Waals surface area contributed by atoms with Crippen molar-refractivity contribution in [2.45, 2.75) is 170 Å². The van der Waals surface area contributed by atoms with Crippen LogP contribution in [0.2, 0.25) is 0 Å². The minimum Gasteiger partial charge on any atom is -0.484 e. The maximum absolute atomic E-state index is 12.9. The Morgan fingerprint density at radius 3 is 1.96 bits per heavy atom. The number of unbranched alkanes of at least 4 members (excludes halogenated alkanes) is 11. The van der Waals surface area contributed by atoms with Crippen LogP contribution in [-0.4, -0.2) is 30.4 Å². The number of nitrogens with one attached hydrogen (secondary N) is 1. The van der Waals surface area contributed by atoms with Crippen molar-refractivity contribution in [3.8, 4) is 17.2 Å². The first-order chi connectivity index (χ1) is 27.5. The second-order valence-corrected chi connectivity index (χ2v) is 17.4. The number of esters is 2. The zero-order chi connectivity index (χ0) is 41.4. The topological polar surface area (TPSA) is 83.1 Å². The van der Waals surface area contributed by atoms with Gasteiger partial charge in [-0.15, -0.1) is 0 Å². The van der Waals surface area contributed by atoms with Crippen molar-refractivity contribution in [3.63, 3.8) is 0 Å². The van der Waals surface area contributed by atoms with E-state index < -0.39 is 14.3 Å². The van der Waals surface area contributed by atoms with Crippen molar-refractivity contribution in [1.82, 2.24) is 5.09 Å². The molecule has 0 heterocycles. The number of ether oxygens (including phenoxy) is 3. The molecule has 7 nitrogen and oxygen atoms in total. The highest BCUT2D eigenvalue weighted by molar-refractivity contribution is 7.50. The molecule has 0 aromatic heterocycles. The van der Waals surface area contributed by atoms with Gasteiger partial charge in [0, 0.05) is 6.42 Å². The molecule has 2 atom stereocenters. The molecule has 0 spiro atoms. The number of hydrogen-bond donors (Lipinski definition) is 1. The lowest BCUT2D eigenvalue weighted by Crippen LogP contribution is -2.35. The maximum atomic E-state index is 12.9. The number of hydrogen-bond acceptors (Lipinski definition) is 7. The fourth-order valence-corrected chi connectivity index (χ4v) is 8.08. The smallest absolute Gasteiger partial charge is 0.323 e. The van der Waals surface area contributed by atoms with Crippen molar-refractivity contribution >= 4 is 20.2 Å². The minimum atomic E-state index is -1.37. The molecule has 0 aliphatic carbocycles. The van der Waals surface area contributed by atoms with Gasteiger partial charge in [-0.3, -0.25) is 9.59 Å². The van der Waals surface area contributed by atoms with Crippen LogP contribution >= 0.6 is 8.30 Å². The number of carbonyl (C=O) groups excluding carboxylic acids is 2. The number of allylic oxidation sites excluding steroid dienone is 2. The summed E-state index contributed by atoms with van der Waals surface area (Å²) in [4.78, 5) is 25.4. The monoisotopic (exact) mass is 802 g/mol. The van der Waals surface area contributed by atoms with Gasteiger partial charge in [-0.25, -0.2) is 5.09 Å². The molecule has 3 rings (SSSR count). The van der Waals surface area contributed by atoms with Crippen LogP contribution in [0.25, 0.3) is 0 Å². The third kappa shape index (κ3) is 19.1. The van der Waals surface area contributed by atoms with Gasteiger partial charge in [0.2, 0.25) is 8.30 Å². The molecule has 0 saturated carbocycles. The Morgan fingerprint density at radius 2 is 1.35 bits per heavy atom. The van der Waals surface area contributed by atoms with Crippen molar-refractivity contribution in [2.75, 3.05) is 6.35 Å². The van der Waals surface area contributed by atoms with Crippen LogP contribution in [0.15, 0.2) is 72.8 Å². The Balaban J connectivity index is 1.49. The predicted octanol–water partition coefficient (Wildman–Crippen LogP) is 13.6. The van der Waals surface area contributed by atoms with E-state index in [-0.39, 0.29) is 30.3 Å². The molecule has 0 aliphatic heterocycles. The Hall–Kier alpha value is -3.67. The summed E-state index contributed by atoms with van der Waals surface area (Å²) < 4.78 is 23.9. The van der Waals surface area contributed by atoms with Gasteiger partial charge in [0.1, 0.15) is 23.3 Å². The number of aryl methyl sites for hydroxylation is 2. The van der Waals surface area contributed by atoms with E-state index >= 15 is 0 Å². The van der Waals surface area contributed by atoms with Crippen LogP contribution < -0.4 is 19.1 Å². The molecule has 2 unspecified atom stereocenters. The van der Waals surface area contributed by atoms with E-state index in [1.165, 1.54) is 68.9 Å². The van der Waals surface area contributed by atoms with Gasteiger partial charge in [0.15, 0.2) is 6.35 Å². The van der Waals surface area contributed by atoms with E-state index in [4.69, 9.17) is 18.7 Å². The molecule has 314 valence electrons. The summed E-state index contributed by atoms with van der Waals surface area (Å²) in [7, 11) is -1.37. The van der Waals surface area contributed by atoms with Crippen molar-refractivity contribution < 1.29 is 28.3 Å². The lowest BCUT2D eigenvalue weighted by atomic mass is 9.93. The summed E-state index contributed by atoms with van der Waals surface area (Å²) in [5, 5.41) is 3.29. The third-order valence-corrected chi connectivity index (χ3v) is 11.4. The second kappa shape index (κ2) is 27.1. The summed E-state index contributed by atoms with van der Waals surface area (Å²) in [5.74, 6) is 1.84. The molecule has 0 aliphatic rings. The van der Waals surface area contributed by atoms with Gasteiger partial charge in [0.25, 0.3) is 0 Å². The number of carbonyl (C=O) groups is 2. The van der Waals surface area contributed by atoms with E-state index in [9.17, 15) is 9.59 Å². The van der Waals surface area contributed by atoms with Crippen molar-refractivity contribution in [2.24, 2.45) is 0 Å². The van der Waals surface area contributed by atoms with Crippen LogP contribution in [-0.2, 0) is 20.7 Å². The van der Waals surface area contributed by atoms with E-state index in [1.54, 1.807) is 6.92 Å². The standard InChI is InChI=1S/C49H72NO6P/c1-9-10-11-12-13-14-15-16-17-18-19-20-21-22-26-29-48(51)55-47-31-30-42(34-45(47)37(2)3)35-46-39(6)32-44(33-40(46)7)53-36-57(56-43-27-24-23-25-28-43)50-41(8)49(52)54-38(4)5/h16-17,23-25,27-28,30-34,37-38,41,50H,9-15,18-22,26,29,35-36H2,1-8H3/b17-16-. The van der Waals surface area contributed by atoms with E-state index in [2.05, 4.69) is 76.1 Å². The fourth-order valence-electron chi connectivity index (χ4n) is 6.72. The van der Waals surface area contributed by atoms with E-state index in [0.717, 1.165) is 54.5 Å². The third-order valence-electron chi connectivity index (χ3n) is 9.96. The molecule has 0 saturated heterocycles. The Morgan fingerprint density at radius 1 is 0.737 bits per heavy atom. The van der Waals surface area contributed by atoms with Crippen LogP contribution in [0.3, 0.4) is 0 Å². The highest BCUT2D eigenvalue weighted by Crippen LogP contribution is 2.36. The maximum Gasteiger partial charge on any atom is 0.323 e. The number of para-hydroxylation sites is 1. The first kappa shape index (κ1) is 47.7. The highest BCUT2D eigenvalue weighted by atomic mass is 31.2. The van der Waals surface area contributed by atoms with Crippen LogP contribution in [0, 0.1) is 13.8 Å². The molecular weight excluding hydrogens is 730 g/mol. The van der Waals surface area contributed by atoms with Gasteiger partial charge < -0.3 is 18.7 Å². The van der Waals surface area contributed by atoms with E-state index in [0.29, 0.717) is 17.9 Å². The molecule has 8 heteroatoms. The molecule has 1 N–H and O–H groups in total. The first-order valence-electron chi connectivity index (χ1n) is 21.6. The molecule has 0 fully saturated rings. The summed E-state index contributed by atoms with van der Waals surface area (Å²) in [6.45, 7) is 16.2. The Labute approximate surface area is 346 Å².